The Morgan fingerprint density at radius 1 is 1.36 bits per heavy atom. The van der Waals surface area contributed by atoms with Crippen LogP contribution in [0.25, 0.3) is 0 Å². The monoisotopic (exact) mass is 319 g/mol. The van der Waals surface area contributed by atoms with E-state index < -0.39 is 5.97 Å². The smallest absolute Gasteiger partial charge is 0.339 e. The number of hydrogen-bond acceptors (Lipinski definition) is 4. The standard InChI is InChI=1S/C16H17NO4S/c1-4-12-9(2)22-15(13(12)16(19)20)17-14(18)10-6-5-7-11(8-10)21-3/h5-8H,4H2,1-3H3,(H,17,18)(H,19,20). The maximum atomic E-state index is 12.3. The first-order chi connectivity index (χ1) is 10.5. The number of benzene rings is 1. The molecule has 0 spiro atoms. The summed E-state index contributed by atoms with van der Waals surface area (Å²) in [5.41, 5.74) is 1.36. The van der Waals surface area contributed by atoms with Crippen molar-refractivity contribution >= 4 is 28.2 Å². The maximum absolute atomic E-state index is 12.3. The number of nitrogens with one attached hydrogen (secondary N) is 1. The highest BCUT2D eigenvalue weighted by atomic mass is 32.1. The zero-order valence-corrected chi connectivity index (χ0v) is 13.4. The number of aryl methyl sites for hydroxylation is 1. The number of anilines is 1. The van der Waals surface area contributed by atoms with Crippen molar-refractivity contribution in [3.63, 3.8) is 0 Å². The molecule has 1 aromatic heterocycles. The molecule has 0 bridgehead atoms. The van der Waals surface area contributed by atoms with Crippen LogP contribution in [0, 0.1) is 6.92 Å². The second-order valence-corrected chi connectivity index (χ2v) is 5.91. The summed E-state index contributed by atoms with van der Waals surface area (Å²) in [5, 5.41) is 12.5. The van der Waals surface area contributed by atoms with Gasteiger partial charge in [-0.3, -0.25) is 4.79 Å². The van der Waals surface area contributed by atoms with E-state index in [0.717, 1.165) is 10.4 Å². The number of carboxylic acids is 1. The van der Waals surface area contributed by atoms with Gasteiger partial charge >= 0.3 is 5.97 Å². The van der Waals surface area contributed by atoms with Gasteiger partial charge in [-0.05, 0) is 37.1 Å². The van der Waals surface area contributed by atoms with Crippen LogP contribution in [0.5, 0.6) is 5.75 Å². The number of hydrogen-bond donors (Lipinski definition) is 2. The van der Waals surface area contributed by atoms with E-state index in [4.69, 9.17) is 4.74 Å². The average molecular weight is 319 g/mol. The van der Waals surface area contributed by atoms with E-state index in [9.17, 15) is 14.7 Å². The van der Waals surface area contributed by atoms with Gasteiger partial charge in [0.15, 0.2) is 0 Å². The summed E-state index contributed by atoms with van der Waals surface area (Å²) in [5.74, 6) is -0.810. The fourth-order valence-electron chi connectivity index (χ4n) is 2.26. The molecule has 2 N–H and O–H groups in total. The SMILES string of the molecule is CCc1c(C)sc(NC(=O)c2cccc(OC)c2)c1C(=O)O. The second-order valence-electron chi connectivity index (χ2n) is 4.69. The van der Waals surface area contributed by atoms with Gasteiger partial charge in [-0.25, -0.2) is 4.79 Å². The van der Waals surface area contributed by atoms with Gasteiger partial charge in [-0.2, -0.15) is 0 Å². The highest BCUT2D eigenvalue weighted by Crippen LogP contribution is 2.33. The lowest BCUT2D eigenvalue weighted by molar-refractivity contribution is 0.0697. The Hall–Kier alpha value is -2.34. The average Bonchev–Trinajstić information content (AvgIpc) is 2.82. The van der Waals surface area contributed by atoms with Crippen molar-refractivity contribution in [2.75, 3.05) is 12.4 Å². The predicted octanol–water partition coefficient (Wildman–Crippen LogP) is 3.58. The lowest BCUT2D eigenvalue weighted by Crippen LogP contribution is -2.13. The van der Waals surface area contributed by atoms with Crippen LogP contribution < -0.4 is 10.1 Å². The van der Waals surface area contributed by atoms with Gasteiger partial charge in [0.1, 0.15) is 10.8 Å². The Balaban J connectivity index is 2.34. The number of aromatic carboxylic acids is 1. The first-order valence-electron chi connectivity index (χ1n) is 6.78. The van der Waals surface area contributed by atoms with Gasteiger partial charge < -0.3 is 15.2 Å². The lowest BCUT2D eigenvalue weighted by Gasteiger charge is -2.06. The molecular weight excluding hydrogens is 302 g/mol. The molecule has 0 saturated heterocycles. The molecule has 1 aromatic carbocycles. The Morgan fingerprint density at radius 2 is 2.09 bits per heavy atom. The molecule has 22 heavy (non-hydrogen) atoms. The van der Waals surface area contributed by atoms with Gasteiger partial charge in [-0.1, -0.05) is 13.0 Å². The zero-order valence-electron chi connectivity index (χ0n) is 12.6. The molecule has 0 atom stereocenters. The van der Waals surface area contributed by atoms with Crippen molar-refractivity contribution in [2.24, 2.45) is 0 Å². The third-order valence-electron chi connectivity index (χ3n) is 3.34. The molecule has 2 aromatic rings. The Labute approximate surface area is 132 Å². The predicted molar refractivity (Wildman–Crippen MR) is 86.3 cm³/mol. The summed E-state index contributed by atoms with van der Waals surface area (Å²) in [7, 11) is 1.52. The summed E-state index contributed by atoms with van der Waals surface area (Å²) in [6, 6.07) is 6.71. The number of thiophene rings is 1. The number of carbonyl (C=O) groups is 2. The summed E-state index contributed by atoms with van der Waals surface area (Å²) >= 11 is 1.28. The number of methoxy groups -OCH3 is 1. The summed E-state index contributed by atoms with van der Waals surface area (Å²) < 4.78 is 5.09. The van der Waals surface area contributed by atoms with Crippen LogP contribution in [0.3, 0.4) is 0 Å². The molecule has 1 amide bonds. The molecule has 5 nitrogen and oxygen atoms in total. The normalized spacial score (nSPS) is 10.3. The first kappa shape index (κ1) is 16.0. The largest absolute Gasteiger partial charge is 0.497 e. The number of ether oxygens (including phenoxy) is 1. The molecule has 6 heteroatoms. The van der Waals surface area contributed by atoms with E-state index in [2.05, 4.69) is 5.32 Å². The van der Waals surface area contributed by atoms with Crippen molar-refractivity contribution in [3.05, 3.63) is 45.8 Å². The van der Waals surface area contributed by atoms with Crippen LogP contribution in [0.4, 0.5) is 5.00 Å². The van der Waals surface area contributed by atoms with Gasteiger partial charge in [0.2, 0.25) is 0 Å². The summed E-state index contributed by atoms with van der Waals surface area (Å²) in [6.45, 7) is 3.76. The van der Waals surface area contributed by atoms with E-state index >= 15 is 0 Å². The molecule has 116 valence electrons. The van der Waals surface area contributed by atoms with E-state index in [-0.39, 0.29) is 11.5 Å². The van der Waals surface area contributed by atoms with E-state index in [1.807, 2.05) is 13.8 Å². The van der Waals surface area contributed by atoms with Gasteiger partial charge in [0, 0.05) is 10.4 Å². The van der Waals surface area contributed by atoms with Crippen molar-refractivity contribution < 1.29 is 19.4 Å². The molecule has 0 aliphatic rings. The fraction of sp³-hybridized carbons (Fsp3) is 0.250. The number of amides is 1. The van der Waals surface area contributed by atoms with E-state index in [1.165, 1.54) is 18.4 Å². The highest BCUT2D eigenvalue weighted by Gasteiger charge is 2.22. The lowest BCUT2D eigenvalue weighted by atomic mass is 10.1. The van der Waals surface area contributed by atoms with Crippen LogP contribution in [0.2, 0.25) is 0 Å². The molecule has 0 fully saturated rings. The van der Waals surface area contributed by atoms with E-state index in [1.54, 1.807) is 24.3 Å². The molecular formula is C16H17NO4S. The van der Waals surface area contributed by atoms with E-state index in [0.29, 0.717) is 22.7 Å². The molecule has 1 heterocycles. The number of carbonyl (C=O) groups excluding carboxylic acids is 1. The Kier molecular flexibility index (Phi) is 4.82. The van der Waals surface area contributed by atoms with Crippen molar-refractivity contribution in [1.29, 1.82) is 0 Å². The third-order valence-corrected chi connectivity index (χ3v) is 4.40. The van der Waals surface area contributed by atoms with Crippen LogP contribution in [0.15, 0.2) is 24.3 Å². The van der Waals surface area contributed by atoms with Crippen molar-refractivity contribution in [1.82, 2.24) is 0 Å². The molecule has 2 rings (SSSR count). The minimum atomic E-state index is -1.03. The third kappa shape index (κ3) is 3.12. The summed E-state index contributed by atoms with van der Waals surface area (Å²) in [4.78, 5) is 24.7. The highest BCUT2D eigenvalue weighted by molar-refractivity contribution is 7.16. The minimum absolute atomic E-state index is 0.182. The number of rotatable bonds is 5. The minimum Gasteiger partial charge on any atom is -0.497 e. The summed E-state index contributed by atoms with van der Waals surface area (Å²) in [6.07, 6.45) is 0.610. The molecule has 0 saturated carbocycles. The second kappa shape index (κ2) is 6.62. The Bertz CT molecular complexity index is 721. The molecule has 0 unspecified atom stereocenters. The maximum Gasteiger partial charge on any atom is 0.339 e. The van der Waals surface area contributed by atoms with Crippen LogP contribution in [-0.4, -0.2) is 24.1 Å². The van der Waals surface area contributed by atoms with Crippen molar-refractivity contribution in [2.45, 2.75) is 20.3 Å². The van der Waals surface area contributed by atoms with Crippen LogP contribution in [0.1, 0.15) is 38.1 Å². The Morgan fingerprint density at radius 3 is 2.68 bits per heavy atom. The van der Waals surface area contributed by atoms with Gasteiger partial charge in [0.05, 0.1) is 12.7 Å². The van der Waals surface area contributed by atoms with Gasteiger partial charge in [0.25, 0.3) is 5.91 Å². The quantitative estimate of drug-likeness (QED) is 0.883. The first-order valence-corrected chi connectivity index (χ1v) is 7.60. The van der Waals surface area contributed by atoms with Crippen molar-refractivity contribution in [3.8, 4) is 5.75 Å². The molecule has 0 aliphatic heterocycles. The fourth-order valence-corrected chi connectivity index (χ4v) is 3.39. The topological polar surface area (TPSA) is 75.6 Å². The zero-order chi connectivity index (χ0) is 16.3. The number of carboxylic acid groups (broad SMARTS) is 1. The van der Waals surface area contributed by atoms with Gasteiger partial charge in [-0.15, -0.1) is 11.3 Å². The van der Waals surface area contributed by atoms with Crippen LogP contribution in [-0.2, 0) is 6.42 Å². The van der Waals surface area contributed by atoms with Crippen LogP contribution >= 0.6 is 11.3 Å². The molecule has 0 aliphatic carbocycles. The molecule has 0 radical (unpaired) electrons.